The second kappa shape index (κ2) is 4.95. The Labute approximate surface area is 83.1 Å². The highest BCUT2D eigenvalue weighted by molar-refractivity contribution is 5.85. The van der Waals surface area contributed by atoms with E-state index in [0.29, 0.717) is 0 Å². The number of hydrazone groups is 1. The van der Waals surface area contributed by atoms with E-state index in [9.17, 15) is 4.79 Å². The van der Waals surface area contributed by atoms with Crippen molar-refractivity contribution < 1.29 is 14.6 Å². The van der Waals surface area contributed by atoms with Gasteiger partial charge in [-0.3, -0.25) is 10.2 Å². The van der Waals surface area contributed by atoms with E-state index in [1.54, 1.807) is 0 Å². The van der Waals surface area contributed by atoms with Gasteiger partial charge in [0.2, 0.25) is 0 Å². The molecule has 0 aromatic carbocycles. The van der Waals surface area contributed by atoms with Crippen LogP contribution in [-0.4, -0.2) is 35.5 Å². The van der Waals surface area contributed by atoms with Crippen LogP contribution in [0.25, 0.3) is 0 Å². The van der Waals surface area contributed by atoms with Crippen molar-refractivity contribution in [2.45, 2.75) is 38.9 Å². The fourth-order valence-electron chi connectivity index (χ4n) is 1.55. The van der Waals surface area contributed by atoms with Crippen LogP contribution < -0.4 is 5.43 Å². The summed E-state index contributed by atoms with van der Waals surface area (Å²) < 4.78 is 5.52. The van der Waals surface area contributed by atoms with E-state index in [-0.39, 0.29) is 18.8 Å². The Morgan fingerprint density at radius 3 is 2.64 bits per heavy atom. The molecule has 80 valence electrons. The van der Waals surface area contributed by atoms with Gasteiger partial charge in [0, 0.05) is 18.6 Å². The molecule has 2 unspecified atom stereocenters. The molecule has 0 spiro atoms. The van der Waals surface area contributed by atoms with Crippen LogP contribution in [0.5, 0.6) is 0 Å². The lowest BCUT2D eigenvalue weighted by atomic mass is 10.0. The van der Waals surface area contributed by atoms with E-state index < -0.39 is 5.97 Å². The molecule has 0 aromatic rings. The highest BCUT2D eigenvalue weighted by atomic mass is 16.5. The van der Waals surface area contributed by atoms with Gasteiger partial charge in [0.1, 0.15) is 6.54 Å². The zero-order valence-corrected chi connectivity index (χ0v) is 8.49. The molecular formula is C9H16N2O3. The lowest BCUT2D eigenvalue weighted by molar-refractivity contribution is -0.135. The first kappa shape index (κ1) is 11.0. The minimum Gasteiger partial charge on any atom is -0.480 e. The van der Waals surface area contributed by atoms with E-state index in [2.05, 4.69) is 10.5 Å². The molecule has 5 nitrogen and oxygen atoms in total. The van der Waals surface area contributed by atoms with Gasteiger partial charge in [-0.05, 0) is 13.8 Å². The molecule has 1 heterocycles. The molecule has 2 N–H and O–H groups in total. The van der Waals surface area contributed by atoms with Gasteiger partial charge in [0.15, 0.2) is 0 Å². The van der Waals surface area contributed by atoms with Gasteiger partial charge in [-0.1, -0.05) is 0 Å². The largest absolute Gasteiger partial charge is 0.480 e. The molecule has 1 fully saturated rings. The van der Waals surface area contributed by atoms with Crippen molar-refractivity contribution in [1.29, 1.82) is 0 Å². The summed E-state index contributed by atoms with van der Waals surface area (Å²) in [6.45, 7) is 3.85. The zero-order valence-electron chi connectivity index (χ0n) is 8.49. The standard InChI is InChI=1S/C9H16N2O3/c1-6-3-8(4-7(2)14-6)11-10-5-9(12)13/h6-7,10H,3-5H2,1-2H3,(H,12,13). The molecule has 0 saturated carbocycles. The van der Waals surface area contributed by atoms with Gasteiger partial charge < -0.3 is 9.84 Å². The smallest absolute Gasteiger partial charge is 0.324 e. The number of carbonyl (C=O) groups is 1. The number of ether oxygens (including phenoxy) is 1. The van der Waals surface area contributed by atoms with Crippen LogP contribution in [0.2, 0.25) is 0 Å². The lowest BCUT2D eigenvalue weighted by Crippen LogP contribution is -2.31. The summed E-state index contributed by atoms with van der Waals surface area (Å²) in [5.74, 6) is -0.900. The van der Waals surface area contributed by atoms with Gasteiger partial charge in [-0.2, -0.15) is 5.10 Å². The van der Waals surface area contributed by atoms with Gasteiger partial charge >= 0.3 is 5.97 Å². The highest BCUT2D eigenvalue weighted by Gasteiger charge is 2.20. The summed E-state index contributed by atoms with van der Waals surface area (Å²) in [7, 11) is 0. The van der Waals surface area contributed by atoms with E-state index in [1.165, 1.54) is 0 Å². The summed E-state index contributed by atoms with van der Waals surface area (Å²) >= 11 is 0. The third kappa shape index (κ3) is 3.74. The number of aliphatic carboxylic acids is 1. The minimum atomic E-state index is -0.900. The van der Waals surface area contributed by atoms with Crippen LogP contribution in [0.4, 0.5) is 0 Å². The van der Waals surface area contributed by atoms with Crippen molar-refractivity contribution in [2.24, 2.45) is 5.10 Å². The first-order valence-corrected chi connectivity index (χ1v) is 4.73. The van der Waals surface area contributed by atoms with Crippen LogP contribution in [0.15, 0.2) is 5.10 Å². The van der Waals surface area contributed by atoms with E-state index in [0.717, 1.165) is 18.6 Å². The first-order chi connectivity index (χ1) is 6.58. The number of hydrogen-bond acceptors (Lipinski definition) is 4. The van der Waals surface area contributed by atoms with Gasteiger partial charge in [-0.25, -0.2) is 0 Å². The Morgan fingerprint density at radius 2 is 2.14 bits per heavy atom. The minimum absolute atomic E-state index is 0.132. The average molecular weight is 200 g/mol. The first-order valence-electron chi connectivity index (χ1n) is 4.73. The third-order valence-electron chi connectivity index (χ3n) is 1.98. The molecule has 5 heteroatoms. The SMILES string of the molecule is CC1CC(=NNCC(=O)O)CC(C)O1. The van der Waals surface area contributed by atoms with Crippen molar-refractivity contribution in [3.05, 3.63) is 0 Å². The average Bonchev–Trinajstić information content (AvgIpc) is 2.01. The van der Waals surface area contributed by atoms with Crippen LogP contribution in [0.1, 0.15) is 26.7 Å². The molecule has 14 heavy (non-hydrogen) atoms. The van der Waals surface area contributed by atoms with Crippen LogP contribution in [-0.2, 0) is 9.53 Å². The quantitative estimate of drug-likeness (QED) is 0.654. The Bertz CT molecular complexity index is 228. The second-order valence-electron chi connectivity index (χ2n) is 3.57. The third-order valence-corrected chi connectivity index (χ3v) is 1.98. The number of carboxylic acids is 1. The molecular weight excluding hydrogens is 184 g/mol. The Hall–Kier alpha value is -1.10. The molecule has 1 saturated heterocycles. The second-order valence-corrected chi connectivity index (χ2v) is 3.57. The summed E-state index contributed by atoms with van der Waals surface area (Å²) in [4.78, 5) is 10.2. The van der Waals surface area contributed by atoms with Crippen LogP contribution >= 0.6 is 0 Å². The summed E-state index contributed by atoms with van der Waals surface area (Å²) in [6, 6.07) is 0. The van der Waals surface area contributed by atoms with Crippen molar-refractivity contribution in [3.8, 4) is 0 Å². The maximum Gasteiger partial charge on any atom is 0.324 e. The summed E-state index contributed by atoms with van der Waals surface area (Å²) in [5, 5.41) is 12.4. The van der Waals surface area contributed by atoms with E-state index >= 15 is 0 Å². The number of carboxylic acid groups (broad SMARTS) is 1. The van der Waals surface area contributed by atoms with Crippen LogP contribution in [0.3, 0.4) is 0 Å². The molecule has 1 aliphatic heterocycles. The highest BCUT2D eigenvalue weighted by Crippen LogP contribution is 2.15. The van der Waals surface area contributed by atoms with Crippen molar-refractivity contribution in [2.75, 3.05) is 6.54 Å². The monoisotopic (exact) mass is 200 g/mol. The maximum atomic E-state index is 10.2. The molecule has 0 radical (unpaired) electrons. The van der Waals surface area contributed by atoms with Crippen LogP contribution in [0, 0.1) is 0 Å². The Kier molecular flexibility index (Phi) is 3.88. The maximum absolute atomic E-state index is 10.2. The Morgan fingerprint density at radius 1 is 1.57 bits per heavy atom. The molecule has 2 atom stereocenters. The topological polar surface area (TPSA) is 70.9 Å². The zero-order chi connectivity index (χ0) is 10.6. The molecule has 1 rings (SSSR count). The van der Waals surface area contributed by atoms with Crippen molar-refractivity contribution in [1.82, 2.24) is 5.43 Å². The molecule has 1 aliphatic rings. The number of nitrogens with zero attached hydrogens (tertiary/aromatic N) is 1. The predicted octanol–water partition coefficient (Wildman–Crippen LogP) is 0.604. The van der Waals surface area contributed by atoms with Gasteiger partial charge in [0.05, 0.1) is 12.2 Å². The number of hydrogen-bond donors (Lipinski definition) is 2. The summed E-state index contributed by atoms with van der Waals surface area (Å²) in [5.41, 5.74) is 3.51. The van der Waals surface area contributed by atoms with Crippen molar-refractivity contribution >= 4 is 11.7 Å². The van der Waals surface area contributed by atoms with Gasteiger partial charge in [-0.15, -0.1) is 0 Å². The van der Waals surface area contributed by atoms with E-state index in [4.69, 9.17) is 9.84 Å². The lowest BCUT2D eigenvalue weighted by Gasteiger charge is -2.26. The molecule has 0 amide bonds. The predicted molar refractivity (Wildman–Crippen MR) is 52.3 cm³/mol. The fraction of sp³-hybridized carbons (Fsp3) is 0.778. The number of rotatable bonds is 3. The summed E-state index contributed by atoms with van der Waals surface area (Å²) in [6.07, 6.45) is 1.89. The van der Waals surface area contributed by atoms with E-state index in [1.807, 2.05) is 13.8 Å². The van der Waals surface area contributed by atoms with Crippen molar-refractivity contribution in [3.63, 3.8) is 0 Å². The Balaban J connectivity index is 2.38. The number of nitrogens with one attached hydrogen (secondary N) is 1. The van der Waals surface area contributed by atoms with Gasteiger partial charge in [0.25, 0.3) is 0 Å². The fourth-order valence-corrected chi connectivity index (χ4v) is 1.55. The molecule has 0 bridgehead atoms. The normalized spacial score (nSPS) is 27.1. The molecule has 0 aliphatic carbocycles. The molecule has 0 aromatic heterocycles.